The second kappa shape index (κ2) is 5.64. The summed E-state index contributed by atoms with van der Waals surface area (Å²) in [4.78, 5) is 4.66. The van der Waals surface area contributed by atoms with Gasteiger partial charge in [-0.25, -0.2) is 4.98 Å². The number of aryl methyl sites for hydroxylation is 1. The molecule has 1 atom stereocenters. The molecule has 0 saturated carbocycles. The van der Waals surface area contributed by atoms with Crippen molar-refractivity contribution in [3.63, 3.8) is 0 Å². The summed E-state index contributed by atoms with van der Waals surface area (Å²) in [5, 5.41) is 0.486. The maximum atomic E-state index is 6.33. The zero-order valence-corrected chi connectivity index (χ0v) is 14.7. The lowest BCUT2D eigenvalue weighted by Crippen LogP contribution is -2.03. The predicted octanol–water partition coefficient (Wildman–Crippen LogP) is 6.05. The Kier molecular flexibility index (Phi) is 4.00. The largest absolute Gasteiger partial charge is 0.295 e. The van der Waals surface area contributed by atoms with Gasteiger partial charge in [-0.3, -0.25) is 4.57 Å². The number of hydrogen-bond acceptors (Lipinski definition) is 1. The molecule has 0 fully saturated rings. The number of halogens is 3. The Balaban J connectivity index is 2.41. The van der Waals surface area contributed by atoms with Crippen molar-refractivity contribution in [3.05, 3.63) is 57.3 Å². The molecule has 5 heteroatoms. The van der Waals surface area contributed by atoms with E-state index in [1.807, 2.05) is 31.2 Å². The summed E-state index contributed by atoms with van der Waals surface area (Å²) in [5.74, 6) is 0.815. The molecule has 2 nitrogen and oxygen atoms in total. The van der Waals surface area contributed by atoms with E-state index >= 15 is 0 Å². The minimum Gasteiger partial charge on any atom is -0.295 e. The monoisotopic (exact) mass is 382 g/mol. The fourth-order valence-electron chi connectivity index (χ4n) is 2.41. The molecule has 1 unspecified atom stereocenters. The Morgan fingerprint density at radius 3 is 2.67 bits per heavy atom. The van der Waals surface area contributed by atoms with Gasteiger partial charge in [-0.1, -0.05) is 33.6 Å². The summed E-state index contributed by atoms with van der Waals surface area (Å²) in [5.41, 5.74) is 4.06. The molecule has 0 bridgehead atoms. The molecule has 0 saturated heterocycles. The van der Waals surface area contributed by atoms with Gasteiger partial charge in [-0.2, -0.15) is 0 Å². The average molecular weight is 384 g/mol. The van der Waals surface area contributed by atoms with Gasteiger partial charge in [-0.15, -0.1) is 11.6 Å². The fraction of sp³-hybridized carbons (Fsp3) is 0.188. The first-order valence-corrected chi connectivity index (χ1v) is 8.16. The third-order valence-corrected chi connectivity index (χ3v) is 4.33. The van der Waals surface area contributed by atoms with Crippen molar-refractivity contribution in [1.29, 1.82) is 0 Å². The van der Waals surface area contributed by atoms with Crippen LogP contribution in [0.2, 0.25) is 5.02 Å². The number of aromatic nitrogens is 2. The molecule has 108 valence electrons. The Labute approximate surface area is 141 Å². The Morgan fingerprint density at radius 1 is 1.19 bits per heavy atom. The first-order chi connectivity index (χ1) is 9.97. The number of alkyl halides is 1. The van der Waals surface area contributed by atoms with E-state index in [0.717, 1.165) is 32.6 Å². The van der Waals surface area contributed by atoms with Gasteiger partial charge in [0.1, 0.15) is 5.82 Å². The molecule has 21 heavy (non-hydrogen) atoms. The van der Waals surface area contributed by atoms with Crippen LogP contribution in [0, 0.1) is 6.92 Å². The van der Waals surface area contributed by atoms with Gasteiger partial charge in [0.25, 0.3) is 0 Å². The highest BCUT2D eigenvalue weighted by atomic mass is 79.9. The molecule has 0 amide bonds. The minimum atomic E-state index is -0.199. The third kappa shape index (κ3) is 2.70. The zero-order valence-electron chi connectivity index (χ0n) is 11.6. The molecule has 1 aromatic heterocycles. The third-order valence-electron chi connectivity index (χ3n) is 3.41. The van der Waals surface area contributed by atoms with Crippen molar-refractivity contribution in [1.82, 2.24) is 9.55 Å². The van der Waals surface area contributed by atoms with Crippen LogP contribution in [0.5, 0.6) is 0 Å². The molecule has 3 rings (SSSR count). The zero-order chi connectivity index (χ0) is 15.1. The van der Waals surface area contributed by atoms with Gasteiger partial charge in [-0.05, 0) is 49.7 Å². The second-order valence-corrected chi connectivity index (χ2v) is 6.99. The van der Waals surface area contributed by atoms with E-state index < -0.39 is 0 Å². The topological polar surface area (TPSA) is 17.8 Å². The van der Waals surface area contributed by atoms with Crippen molar-refractivity contribution in [2.45, 2.75) is 19.2 Å². The van der Waals surface area contributed by atoms with Crippen molar-refractivity contribution >= 4 is 50.2 Å². The summed E-state index contributed by atoms with van der Waals surface area (Å²) < 4.78 is 3.10. The lowest BCUT2D eigenvalue weighted by molar-refractivity contribution is 0.878. The quantitative estimate of drug-likeness (QED) is 0.492. The first kappa shape index (κ1) is 14.9. The normalized spacial score (nSPS) is 12.8. The van der Waals surface area contributed by atoms with E-state index in [1.54, 1.807) is 0 Å². The van der Waals surface area contributed by atoms with Crippen molar-refractivity contribution in [2.75, 3.05) is 0 Å². The highest BCUT2D eigenvalue weighted by Gasteiger charge is 2.18. The lowest BCUT2D eigenvalue weighted by atomic mass is 10.2. The van der Waals surface area contributed by atoms with E-state index in [1.165, 1.54) is 0 Å². The van der Waals surface area contributed by atoms with E-state index in [9.17, 15) is 0 Å². The Morgan fingerprint density at radius 2 is 1.95 bits per heavy atom. The maximum absolute atomic E-state index is 6.33. The van der Waals surface area contributed by atoms with E-state index in [-0.39, 0.29) is 5.38 Å². The standard InChI is InChI=1S/C16H13BrCl2N2/c1-9-3-4-11(17)7-14(9)21-15-8-12(19)5-6-13(15)20-16(21)10(2)18/h3-8,10H,1-2H3. The SMILES string of the molecule is Cc1ccc(Br)cc1-n1c(C(C)Cl)nc2ccc(Cl)cc21. The van der Waals surface area contributed by atoms with Crippen LogP contribution < -0.4 is 0 Å². The smallest absolute Gasteiger partial charge is 0.132 e. The number of rotatable bonds is 2. The maximum Gasteiger partial charge on any atom is 0.132 e. The van der Waals surface area contributed by atoms with Crippen LogP contribution >= 0.6 is 39.1 Å². The predicted molar refractivity (Wildman–Crippen MR) is 92.8 cm³/mol. The van der Waals surface area contributed by atoms with Gasteiger partial charge < -0.3 is 0 Å². The second-order valence-electron chi connectivity index (χ2n) is 4.99. The van der Waals surface area contributed by atoms with Gasteiger partial charge in [0.15, 0.2) is 0 Å². The summed E-state index contributed by atoms with van der Waals surface area (Å²) in [7, 11) is 0. The Hall–Kier alpha value is -1.03. The molecular formula is C16H13BrCl2N2. The van der Waals surface area contributed by atoms with Gasteiger partial charge in [0.05, 0.1) is 22.1 Å². The molecular weight excluding hydrogens is 371 g/mol. The molecule has 0 aliphatic heterocycles. The van der Waals surface area contributed by atoms with Crippen molar-refractivity contribution in [3.8, 4) is 5.69 Å². The molecule has 0 spiro atoms. The van der Waals surface area contributed by atoms with Crippen LogP contribution in [0.4, 0.5) is 0 Å². The van der Waals surface area contributed by atoms with Crippen LogP contribution in [0.25, 0.3) is 16.7 Å². The van der Waals surface area contributed by atoms with E-state index in [2.05, 4.69) is 44.5 Å². The Bertz CT molecular complexity index is 825. The van der Waals surface area contributed by atoms with Crippen LogP contribution in [0.15, 0.2) is 40.9 Å². The lowest BCUT2D eigenvalue weighted by Gasteiger charge is -2.14. The van der Waals surface area contributed by atoms with E-state index in [4.69, 9.17) is 23.2 Å². The summed E-state index contributed by atoms with van der Waals surface area (Å²) >= 11 is 16.0. The van der Waals surface area contributed by atoms with Crippen LogP contribution in [0.3, 0.4) is 0 Å². The summed E-state index contributed by atoms with van der Waals surface area (Å²) in [6, 6.07) is 11.8. The highest BCUT2D eigenvalue weighted by Crippen LogP contribution is 2.32. The number of nitrogens with zero attached hydrogens (tertiary/aromatic N) is 2. The summed E-state index contributed by atoms with van der Waals surface area (Å²) in [6.45, 7) is 4.00. The van der Waals surface area contributed by atoms with Crippen LogP contribution in [-0.4, -0.2) is 9.55 Å². The van der Waals surface area contributed by atoms with E-state index in [0.29, 0.717) is 5.02 Å². The highest BCUT2D eigenvalue weighted by molar-refractivity contribution is 9.10. The van der Waals surface area contributed by atoms with Crippen molar-refractivity contribution in [2.24, 2.45) is 0 Å². The van der Waals surface area contributed by atoms with Crippen LogP contribution in [0.1, 0.15) is 23.7 Å². The van der Waals surface area contributed by atoms with Gasteiger partial charge in [0.2, 0.25) is 0 Å². The molecule has 2 aromatic carbocycles. The van der Waals surface area contributed by atoms with Crippen LogP contribution in [-0.2, 0) is 0 Å². The number of hydrogen-bond donors (Lipinski definition) is 0. The number of imidazole rings is 1. The minimum absolute atomic E-state index is 0.199. The first-order valence-electron chi connectivity index (χ1n) is 6.56. The fourth-order valence-corrected chi connectivity index (χ4v) is 3.07. The molecule has 0 aliphatic rings. The number of benzene rings is 2. The average Bonchev–Trinajstić information content (AvgIpc) is 2.80. The molecule has 0 radical (unpaired) electrons. The molecule has 3 aromatic rings. The molecule has 1 heterocycles. The number of fused-ring (bicyclic) bond motifs is 1. The van der Waals surface area contributed by atoms with Gasteiger partial charge >= 0.3 is 0 Å². The summed E-state index contributed by atoms with van der Waals surface area (Å²) in [6.07, 6.45) is 0. The molecule has 0 N–H and O–H groups in total. The van der Waals surface area contributed by atoms with Gasteiger partial charge in [0, 0.05) is 9.50 Å². The van der Waals surface area contributed by atoms with Crippen molar-refractivity contribution < 1.29 is 0 Å². The molecule has 0 aliphatic carbocycles.